The molecule has 3 rings (SSSR count). The van der Waals surface area contributed by atoms with Gasteiger partial charge in [0.2, 0.25) is 15.9 Å². The van der Waals surface area contributed by atoms with Gasteiger partial charge in [-0.1, -0.05) is 57.9 Å². The number of methoxy groups -OCH3 is 1. The average molecular weight is 517 g/mol. The van der Waals surface area contributed by atoms with Crippen LogP contribution in [0.2, 0.25) is 0 Å². The Bertz CT molecular complexity index is 1150. The number of hydrogen-bond acceptors (Lipinski definition) is 4. The number of rotatable bonds is 9. The van der Waals surface area contributed by atoms with Crippen molar-refractivity contribution in [2.75, 3.05) is 13.7 Å². The second kappa shape index (κ2) is 10.8. The molecule has 6 nitrogen and oxygen atoms in total. The number of carbonyl (C=O) groups is 1. The molecule has 1 N–H and O–H groups in total. The van der Waals surface area contributed by atoms with E-state index < -0.39 is 10.0 Å². The molecular weight excluding hydrogens is 492 g/mol. The number of amides is 1. The van der Waals surface area contributed by atoms with Crippen LogP contribution < -0.4 is 10.1 Å². The Kier molecular flexibility index (Phi) is 8.06. The van der Waals surface area contributed by atoms with Gasteiger partial charge >= 0.3 is 0 Å². The summed E-state index contributed by atoms with van der Waals surface area (Å²) in [7, 11) is -2.28. The van der Waals surface area contributed by atoms with E-state index in [2.05, 4.69) is 21.2 Å². The third-order valence-corrected chi connectivity index (χ3v) is 7.23. The van der Waals surface area contributed by atoms with E-state index in [1.807, 2.05) is 55.5 Å². The van der Waals surface area contributed by atoms with Crippen molar-refractivity contribution < 1.29 is 17.9 Å². The smallest absolute Gasteiger partial charge is 0.243 e. The van der Waals surface area contributed by atoms with Gasteiger partial charge in [-0.25, -0.2) is 8.42 Å². The van der Waals surface area contributed by atoms with E-state index in [1.165, 1.54) is 4.31 Å². The first-order chi connectivity index (χ1) is 15.3. The van der Waals surface area contributed by atoms with Crippen LogP contribution in [0, 0.1) is 6.92 Å². The third kappa shape index (κ3) is 6.41. The molecule has 8 heteroatoms. The molecule has 0 aliphatic rings. The predicted molar refractivity (Wildman–Crippen MR) is 128 cm³/mol. The fourth-order valence-corrected chi connectivity index (χ4v) is 4.69. The number of ether oxygens (including phenoxy) is 1. The topological polar surface area (TPSA) is 75.7 Å². The highest BCUT2D eigenvalue weighted by Gasteiger charge is 2.27. The van der Waals surface area contributed by atoms with Crippen LogP contribution in [0.25, 0.3) is 0 Å². The minimum Gasteiger partial charge on any atom is -0.497 e. The van der Waals surface area contributed by atoms with Crippen molar-refractivity contribution in [3.05, 3.63) is 94.0 Å². The summed E-state index contributed by atoms with van der Waals surface area (Å²) >= 11 is 3.38. The van der Waals surface area contributed by atoms with Crippen LogP contribution in [0.1, 0.15) is 16.7 Å². The molecule has 0 spiro atoms. The summed E-state index contributed by atoms with van der Waals surface area (Å²) in [5.74, 6) is 0.346. The molecule has 0 aromatic heterocycles. The van der Waals surface area contributed by atoms with E-state index in [4.69, 9.17) is 4.74 Å². The summed E-state index contributed by atoms with van der Waals surface area (Å²) in [5, 5.41) is 2.80. The van der Waals surface area contributed by atoms with Gasteiger partial charge in [-0.15, -0.1) is 0 Å². The van der Waals surface area contributed by atoms with Crippen molar-refractivity contribution in [2.24, 2.45) is 0 Å². The zero-order valence-corrected chi connectivity index (χ0v) is 20.3. The average Bonchev–Trinajstić information content (AvgIpc) is 2.79. The molecule has 0 aliphatic carbocycles. The molecule has 0 saturated carbocycles. The lowest BCUT2D eigenvalue weighted by Gasteiger charge is -2.22. The number of nitrogens with zero attached hydrogens (tertiary/aromatic N) is 1. The molecule has 0 heterocycles. The second-order valence-corrected chi connectivity index (χ2v) is 10.2. The second-order valence-electron chi connectivity index (χ2n) is 7.34. The predicted octanol–water partition coefficient (Wildman–Crippen LogP) is 4.27. The summed E-state index contributed by atoms with van der Waals surface area (Å²) in [4.78, 5) is 12.8. The van der Waals surface area contributed by atoms with Crippen LogP contribution in [0.15, 0.2) is 82.2 Å². The molecule has 0 radical (unpaired) electrons. The summed E-state index contributed by atoms with van der Waals surface area (Å²) < 4.78 is 33.9. The first-order valence-electron chi connectivity index (χ1n) is 9.99. The molecule has 0 unspecified atom stereocenters. The molecule has 32 heavy (non-hydrogen) atoms. The normalized spacial score (nSPS) is 11.4. The molecule has 0 saturated heterocycles. The third-order valence-electron chi connectivity index (χ3n) is 4.90. The van der Waals surface area contributed by atoms with Gasteiger partial charge in [0.05, 0.1) is 18.6 Å². The Balaban J connectivity index is 1.77. The van der Waals surface area contributed by atoms with Gasteiger partial charge in [-0.05, 0) is 54.4 Å². The van der Waals surface area contributed by atoms with Crippen LogP contribution in [-0.4, -0.2) is 32.3 Å². The van der Waals surface area contributed by atoms with Gasteiger partial charge in [0.1, 0.15) is 5.75 Å². The Morgan fingerprint density at radius 1 is 0.938 bits per heavy atom. The zero-order chi connectivity index (χ0) is 23.1. The van der Waals surface area contributed by atoms with Crippen LogP contribution >= 0.6 is 15.9 Å². The molecule has 1 amide bonds. The highest BCUT2D eigenvalue weighted by molar-refractivity contribution is 9.10. The SMILES string of the molecule is COc1ccc(CNC(=O)CN(Cc2ccc(Br)cc2)S(=O)(=O)c2ccc(C)cc2)cc1. The van der Waals surface area contributed by atoms with Crippen molar-refractivity contribution in [1.29, 1.82) is 0 Å². The fraction of sp³-hybridized carbons (Fsp3) is 0.208. The lowest BCUT2D eigenvalue weighted by Crippen LogP contribution is -2.40. The number of carbonyl (C=O) groups excluding carboxylic acids is 1. The van der Waals surface area contributed by atoms with Gasteiger partial charge in [0.15, 0.2) is 0 Å². The van der Waals surface area contributed by atoms with E-state index in [-0.39, 0.29) is 23.9 Å². The number of aryl methyl sites for hydroxylation is 1. The molecular formula is C24H25BrN2O4S. The summed E-state index contributed by atoms with van der Waals surface area (Å²) in [5.41, 5.74) is 2.63. The van der Waals surface area contributed by atoms with Crippen molar-refractivity contribution >= 4 is 31.9 Å². The number of sulfonamides is 1. The van der Waals surface area contributed by atoms with E-state index in [0.29, 0.717) is 6.54 Å². The molecule has 3 aromatic carbocycles. The number of halogens is 1. The lowest BCUT2D eigenvalue weighted by atomic mass is 10.2. The van der Waals surface area contributed by atoms with Crippen molar-refractivity contribution in [3.63, 3.8) is 0 Å². The zero-order valence-electron chi connectivity index (χ0n) is 17.9. The van der Waals surface area contributed by atoms with E-state index in [0.717, 1.165) is 26.9 Å². The van der Waals surface area contributed by atoms with Crippen molar-refractivity contribution in [2.45, 2.75) is 24.9 Å². The minimum absolute atomic E-state index is 0.0828. The fourth-order valence-electron chi connectivity index (χ4n) is 3.04. The molecule has 0 bridgehead atoms. The van der Waals surface area contributed by atoms with Crippen LogP contribution in [0.3, 0.4) is 0 Å². The van der Waals surface area contributed by atoms with Gasteiger partial charge in [0, 0.05) is 17.6 Å². The van der Waals surface area contributed by atoms with Crippen molar-refractivity contribution in [1.82, 2.24) is 9.62 Å². The van der Waals surface area contributed by atoms with E-state index in [1.54, 1.807) is 31.4 Å². The van der Waals surface area contributed by atoms with Gasteiger partial charge in [0.25, 0.3) is 0 Å². The molecule has 168 valence electrons. The molecule has 3 aromatic rings. The maximum atomic E-state index is 13.3. The quantitative estimate of drug-likeness (QED) is 0.460. The van der Waals surface area contributed by atoms with Gasteiger partial charge < -0.3 is 10.1 Å². The Hall–Kier alpha value is -2.68. The van der Waals surface area contributed by atoms with Gasteiger partial charge in [-0.2, -0.15) is 4.31 Å². The Labute approximate surface area is 197 Å². The van der Waals surface area contributed by atoms with E-state index >= 15 is 0 Å². The standard InChI is InChI=1S/C24H25BrN2O4S/c1-18-3-13-23(14-4-18)32(29,30)27(16-20-5-9-21(25)10-6-20)17-24(28)26-15-19-7-11-22(31-2)12-8-19/h3-14H,15-17H2,1-2H3,(H,26,28). The van der Waals surface area contributed by atoms with Crippen LogP contribution in [0.4, 0.5) is 0 Å². The number of benzene rings is 3. The summed E-state index contributed by atoms with van der Waals surface area (Å²) in [6, 6.07) is 21.3. The number of nitrogens with one attached hydrogen (secondary N) is 1. The number of hydrogen-bond donors (Lipinski definition) is 1. The Morgan fingerprint density at radius 3 is 2.12 bits per heavy atom. The highest BCUT2D eigenvalue weighted by Crippen LogP contribution is 2.20. The van der Waals surface area contributed by atoms with Crippen LogP contribution in [-0.2, 0) is 27.9 Å². The van der Waals surface area contributed by atoms with Gasteiger partial charge in [-0.3, -0.25) is 4.79 Å². The Morgan fingerprint density at radius 2 is 1.53 bits per heavy atom. The minimum atomic E-state index is -3.87. The van der Waals surface area contributed by atoms with Crippen molar-refractivity contribution in [3.8, 4) is 5.75 Å². The maximum Gasteiger partial charge on any atom is 0.243 e. The maximum absolute atomic E-state index is 13.3. The molecule has 0 atom stereocenters. The highest BCUT2D eigenvalue weighted by atomic mass is 79.9. The first-order valence-corrected chi connectivity index (χ1v) is 12.2. The largest absolute Gasteiger partial charge is 0.497 e. The summed E-state index contributed by atoms with van der Waals surface area (Å²) in [6.07, 6.45) is 0. The summed E-state index contributed by atoms with van der Waals surface area (Å²) in [6.45, 7) is 1.98. The van der Waals surface area contributed by atoms with E-state index in [9.17, 15) is 13.2 Å². The molecule has 0 aliphatic heterocycles. The molecule has 0 fully saturated rings. The lowest BCUT2D eigenvalue weighted by molar-refractivity contribution is -0.121. The van der Waals surface area contributed by atoms with Crippen LogP contribution in [0.5, 0.6) is 5.75 Å². The monoisotopic (exact) mass is 516 g/mol. The first kappa shape index (κ1) is 24.0.